The Labute approximate surface area is 157 Å². The van der Waals surface area contributed by atoms with Gasteiger partial charge in [0.2, 0.25) is 11.8 Å². The molecule has 0 spiro atoms. The van der Waals surface area contributed by atoms with E-state index in [4.69, 9.17) is 4.52 Å². The van der Waals surface area contributed by atoms with Crippen LogP contribution in [0.5, 0.6) is 0 Å². The summed E-state index contributed by atoms with van der Waals surface area (Å²) in [6.45, 7) is 1.66. The molecule has 1 N–H and O–H groups in total. The van der Waals surface area contributed by atoms with E-state index >= 15 is 0 Å². The summed E-state index contributed by atoms with van der Waals surface area (Å²) in [5.41, 5.74) is 1.76. The summed E-state index contributed by atoms with van der Waals surface area (Å²) in [5, 5.41) is 6.36. The molecule has 138 valence electrons. The van der Waals surface area contributed by atoms with E-state index in [-0.39, 0.29) is 18.4 Å². The van der Waals surface area contributed by atoms with Gasteiger partial charge < -0.3 is 14.7 Å². The first kappa shape index (κ1) is 18.4. The number of aromatic nitrogens is 1. The van der Waals surface area contributed by atoms with E-state index in [1.807, 2.05) is 60.7 Å². The van der Waals surface area contributed by atoms with Crippen molar-refractivity contribution in [2.45, 2.75) is 12.8 Å². The zero-order valence-corrected chi connectivity index (χ0v) is 15.3. The number of nitrogens with one attached hydrogen (secondary N) is 1. The maximum Gasteiger partial charge on any atom is 0.245 e. The Balaban J connectivity index is 1.76. The highest BCUT2D eigenvalue weighted by Crippen LogP contribution is 2.26. The fraction of sp³-hybridized carbons (Fsp3) is 0.190. The van der Waals surface area contributed by atoms with Gasteiger partial charge in [0.1, 0.15) is 5.76 Å². The predicted molar refractivity (Wildman–Crippen MR) is 102 cm³/mol. The molecule has 0 aliphatic heterocycles. The number of benzene rings is 2. The van der Waals surface area contributed by atoms with Gasteiger partial charge in [0.15, 0.2) is 5.82 Å². The number of hydrogen-bond donors (Lipinski definition) is 1. The van der Waals surface area contributed by atoms with E-state index < -0.39 is 5.92 Å². The Kier molecular flexibility index (Phi) is 5.66. The van der Waals surface area contributed by atoms with Gasteiger partial charge in [0, 0.05) is 13.1 Å². The van der Waals surface area contributed by atoms with Crippen molar-refractivity contribution in [3.8, 4) is 0 Å². The minimum Gasteiger partial charge on any atom is -0.360 e. The molecule has 1 aromatic heterocycles. The van der Waals surface area contributed by atoms with Gasteiger partial charge in [0.05, 0.1) is 12.5 Å². The molecule has 0 aliphatic carbocycles. The molecule has 6 heteroatoms. The molecule has 2 amide bonds. The molecule has 6 nitrogen and oxygen atoms in total. The quantitative estimate of drug-likeness (QED) is 0.730. The lowest BCUT2D eigenvalue weighted by molar-refractivity contribution is -0.133. The van der Waals surface area contributed by atoms with Gasteiger partial charge >= 0.3 is 0 Å². The summed E-state index contributed by atoms with van der Waals surface area (Å²) in [6.07, 6.45) is 0. The topological polar surface area (TPSA) is 75.4 Å². The fourth-order valence-electron chi connectivity index (χ4n) is 2.89. The third-order valence-electron chi connectivity index (χ3n) is 4.17. The number of rotatable bonds is 6. The maximum atomic E-state index is 13.1. The third-order valence-corrected chi connectivity index (χ3v) is 4.17. The molecule has 2 aromatic carbocycles. The van der Waals surface area contributed by atoms with E-state index in [0.717, 1.165) is 11.1 Å². The molecule has 3 rings (SSSR count). The molecule has 27 heavy (non-hydrogen) atoms. The fourth-order valence-corrected chi connectivity index (χ4v) is 2.89. The summed E-state index contributed by atoms with van der Waals surface area (Å²) < 4.78 is 4.93. The Hall–Kier alpha value is -3.41. The van der Waals surface area contributed by atoms with Crippen LogP contribution in [-0.2, 0) is 9.59 Å². The van der Waals surface area contributed by atoms with Crippen molar-refractivity contribution < 1.29 is 14.1 Å². The molecule has 0 unspecified atom stereocenters. The van der Waals surface area contributed by atoms with Crippen LogP contribution >= 0.6 is 0 Å². The first-order valence-electron chi connectivity index (χ1n) is 8.62. The van der Waals surface area contributed by atoms with Crippen molar-refractivity contribution in [3.05, 3.63) is 83.6 Å². The number of likely N-dealkylation sites (N-methyl/N-ethyl adjacent to an activating group) is 1. The van der Waals surface area contributed by atoms with Crippen LogP contribution in [0.2, 0.25) is 0 Å². The molecule has 0 radical (unpaired) electrons. The van der Waals surface area contributed by atoms with Gasteiger partial charge in [-0.2, -0.15) is 0 Å². The Morgan fingerprint density at radius 2 is 1.59 bits per heavy atom. The SMILES string of the molecule is Cc1cc(NC(=O)CN(C)C(=O)C(c2ccccc2)c2ccccc2)no1. The van der Waals surface area contributed by atoms with Crippen molar-refractivity contribution in [1.29, 1.82) is 0 Å². The highest BCUT2D eigenvalue weighted by atomic mass is 16.5. The minimum absolute atomic E-state index is 0.0824. The van der Waals surface area contributed by atoms with Crippen LogP contribution in [-0.4, -0.2) is 35.5 Å². The highest BCUT2D eigenvalue weighted by molar-refractivity contribution is 5.95. The summed E-state index contributed by atoms with van der Waals surface area (Å²) in [4.78, 5) is 26.8. The second kappa shape index (κ2) is 8.31. The van der Waals surface area contributed by atoms with Crippen molar-refractivity contribution in [2.75, 3.05) is 18.9 Å². The molecule has 1 heterocycles. The van der Waals surface area contributed by atoms with E-state index in [1.54, 1.807) is 20.0 Å². The van der Waals surface area contributed by atoms with Crippen LogP contribution in [0, 0.1) is 6.92 Å². The van der Waals surface area contributed by atoms with Crippen LogP contribution < -0.4 is 5.32 Å². The first-order valence-corrected chi connectivity index (χ1v) is 8.62. The van der Waals surface area contributed by atoms with Crippen molar-refractivity contribution in [1.82, 2.24) is 10.1 Å². The standard InChI is InChI=1S/C21H21N3O3/c1-15-13-18(23-27-15)22-19(25)14-24(2)21(26)20(16-9-5-3-6-10-16)17-11-7-4-8-12-17/h3-13,20H,14H2,1-2H3,(H,22,23,25). The normalized spacial score (nSPS) is 10.6. The van der Waals surface area contributed by atoms with Crippen molar-refractivity contribution >= 4 is 17.6 Å². The Bertz CT molecular complexity index is 867. The number of anilines is 1. The van der Waals surface area contributed by atoms with E-state index in [9.17, 15) is 9.59 Å². The zero-order valence-electron chi connectivity index (χ0n) is 15.3. The van der Waals surface area contributed by atoms with Crippen LogP contribution in [0.25, 0.3) is 0 Å². The smallest absolute Gasteiger partial charge is 0.245 e. The molecule has 0 atom stereocenters. The molecular weight excluding hydrogens is 342 g/mol. The molecule has 0 bridgehead atoms. The van der Waals surface area contributed by atoms with Gasteiger partial charge in [-0.3, -0.25) is 9.59 Å². The molecule has 0 fully saturated rings. The lowest BCUT2D eigenvalue weighted by atomic mass is 9.90. The van der Waals surface area contributed by atoms with Gasteiger partial charge in [-0.15, -0.1) is 0 Å². The molecule has 3 aromatic rings. The average Bonchev–Trinajstić information content (AvgIpc) is 3.08. The summed E-state index contributed by atoms with van der Waals surface area (Å²) >= 11 is 0. The second-order valence-electron chi connectivity index (χ2n) is 6.32. The van der Waals surface area contributed by atoms with E-state index in [0.29, 0.717) is 11.6 Å². The van der Waals surface area contributed by atoms with Crippen LogP contribution in [0.1, 0.15) is 22.8 Å². The minimum atomic E-state index is -0.473. The number of nitrogens with zero attached hydrogens (tertiary/aromatic N) is 2. The molecule has 0 aliphatic rings. The Morgan fingerprint density at radius 1 is 1.04 bits per heavy atom. The van der Waals surface area contributed by atoms with Gasteiger partial charge in [-0.05, 0) is 18.1 Å². The van der Waals surface area contributed by atoms with Gasteiger partial charge in [-0.25, -0.2) is 0 Å². The summed E-state index contributed by atoms with van der Waals surface area (Å²) in [5.74, 6) is -0.0265. The van der Waals surface area contributed by atoms with Gasteiger partial charge in [0.25, 0.3) is 0 Å². The molecule has 0 saturated carbocycles. The Morgan fingerprint density at radius 3 is 2.07 bits per heavy atom. The number of carbonyl (C=O) groups is 2. The largest absolute Gasteiger partial charge is 0.360 e. The second-order valence-corrected chi connectivity index (χ2v) is 6.32. The molecular formula is C21H21N3O3. The van der Waals surface area contributed by atoms with E-state index in [1.165, 1.54) is 4.90 Å². The molecule has 0 saturated heterocycles. The van der Waals surface area contributed by atoms with Crippen LogP contribution in [0.15, 0.2) is 71.3 Å². The van der Waals surface area contributed by atoms with Crippen molar-refractivity contribution in [2.24, 2.45) is 0 Å². The van der Waals surface area contributed by atoms with E-state index in [2.05, 4.69) is 10.5 Å². The third kappa shape index (κ3) is 4.61. The number of amides is 2. The van der Waals surface area contributed by atoms with Gasteiger partial charge in [-0.1, -0.05) is 65.8 Å². The lowest BCUT2D eigenvalue weighted by Crippen LogP contribution is -2.38. The average molecular weight is 363 g/mol. The zero-order chi connectivity index (χ0) is 19.2. The first-order chi connectivity index (χ1) is 13.0. The van der Waals surface area contributed by atoms with Crippen molar-refractivity contribution in [3.63, 3.8) is 0 Å². The van der Waals surface area contributed by atoms with Crippen LogP contribution in [0.3, 0.4) is 0 Å². The maximum absolute atomic E-state index is 13.1. The highest BCUT2D eigenvalue weighted by Gasteiger charge is 2.26. The lowest BCUT2D eigenvalue weighted by Gasteiger charge is -2.24. The van der Waals surface area contributed by atoms with Crippen LogP contribution in [0.4, 0.5) is 5.82 Å². The predicted octanol–water partition coefficient (Wildman–Crippen LogP) is 3.21. The summed E-state index contributed by atoms with van der Waals surface area (Å²) in [6, 6.07) is 20.7. The summed E-state index contributed by atoms with van der Waals surface area (Å²) in [7, 11) is 1.62. The number of carbonyl (C=O) groups excluding carboxylic acids is 2. The number of hydrogen-bond acceptors (Lipinski definition) is 4. The number of aryl methyl sites for hydroxylation is 1. The monoisotopic (exact) mass is 363 g/mol.